The second-order valence-electron chi connectivity index (χ2n) is 11.4. The maximum Gasteiger partial charge on any atom is 0.257 e. The number of benzene rings is 4. The van der Waals surface area contributed by atoms with Crippen molar-refractivity contribution in [3.8, 4) is 5.75 Å². The Morgan fingerprint density at radius 1 is 0.867 bits per heavy atom. The van der Waals surface area contributed by atoms with Crippen LogP contribution in [0.25, 0.3) is 0 Å². The number of hydrogen-bond donors (Lipinski definition) is 5. The van der Waals surface area contributed by atoms with E-state index in [1.807, 2.05) is 61.5 Å². The summed E-state index contributed by atoms with van der Waals surface area (Å²) in [7, 11) is 0. The van der Waals surface area contributed by atoms with Crippen LogP contribution in [0.3, 0.4) is 0 Å². The first-order valence-corrected chi connectivity index (χ1v) is 16.0. The van der Waals surface area contributed by atoms with Crippen LogP contribution < -0.4 is 20.1 Å². The SMILES string of the molecule is CCNSc1cccc(C(=O)Nc2ccc(OCC3CC3)cc2C(=O)Nc2ccc(CCc3ccc(C(C)(O)O)cc3)cc2)c1. The first kappa shape index (κ1) is 32.2. The van der Waals surface area contributed by atoms with Gasteiger partial charge in [-0.25, -0.2) is 0 Å². The second-order valence-corrected chi connectivity index (χ2v) is 12.4. The van der Waals surface area contributed by atoms with Crippen molar-refractivity contribution in [3.05, 3.63) is 119 Å². The van der Waals surface area contributed by atoms with Crippen molar-refractivity contribution in [1.29, 1.82) is 0 Å². The maximum absolute atomic E-state index is 13.6. The summed E-state index contributed by atoms with van der Waals surface area (Å²) in [6, 6.07) is 27.4. The number of amides is 2. The van der Waals surface area contributed by atoms with Crippen molar-refractivity contribution >= 4 is 35.1 Å². The van der Waals surface area contributed by atoms with Crippen molar-refractivity contribution in [3.63, 3.8) is 0 Å². The zero-order chi connectivity index (χ0) is 31.8. The van der Waals surface area contributed by atoms with Gasteiger partial charge < -0.3 is 25.6 Å². The van der Waals surface area contributed by atoms with Crippen LogP contribution in [0.4, 0.5) is 11.4 Å². The van der Waals surface area contributed by atoms with E-state index >= 15 is 0 Å². The number of nitrogens with one attached hydrogen (secondary N) is 3. The number of carbonyl (C=O) groups excluding carboxylic acids is 2. The first-order chi connectivity index (χ1) is 21.7. The standard InChI is InChI=1S/C36H39N3O5S/c1-3-37-45-31-6-4-5-27(21-31)34(40)39-33-20-19-30(44-23-26-9-10-26)22-32(33)35(41)38-29-17-13-25(14-18-29)8-7-24-11-15-28(16-12-24)36(2,42)43/h4-6,11-22,26,37,42-43H,3,7-10,23H2,1-2H3,(H,38,41)(H,39,40). The molecule has 0 radical (unpaired) electrons. The van der Waals surface area contributed by atoms with Crippen molar-refractivity contribution in [1.82, 2.24) is 4.72 Å². The number of hydrogen-bond acceptors (Lipinski definition) is 7. The Morgan fingerprint density at radius 2 is 1.56 bits per heavy atom. The monoisotopic (exact) mass is 625 g/mol. The Bertz CT molecular complexity index is 1610. The second kappa shape index (κ2) is 14.8. The molecule has 0 aliphatic heterocycles. The molecule has 0 bridgehead atoms. The molecule has 0 aromatic heterocycles. The molecule has 0 spiro atoms. The van der Waals surface area contributed by atoms with Crippen molar-refractivity contribution < 1.29 is 24.5 Å². The van der Waals surface area contributed by atoms with E-state index in [-0.39, 0.29) is 11.8 Å². The van der Waals surface area contributed by atoms with Gasteiger partial charge in [0.25, 0.3) is 11.8 Å². The molecular formula is C36H39N3O5S. The van der Waals surface area contributed by atoms with Gasteiger partial charge in [0.2, 0.25) is 0 Å². The van der Waals surface area contributed by atoms with Crippen LogP contribution in [0.1, 0.15) is 64.1 Å². The van der Waals surface area contributed by atoms with Crippen LogP contribution in [-0.4, -0.2) is 35.2 Å². The average molecular weight is 626 g/mol. The van der Waals surface area contributed by atoms with Gasteiger partial charge in [-0.05, 0) is 110 Å². The largest absolute Gasteiger partial charge is 0.493 e. The van der Waals surface area contributed by atoms with E-state index in [1.165, 1.54) is 18.9 Å². The zero-order valence-electron chi connectivity index (χ0n) is 25.5. The summed E-state index contributed by atoms with van der Waals surface area (Å²) < 4.78 is 9.13. The molecule has 8 nitrogen and oxygen atoms in total. The normalized spacial score (nSPS) is 12.9. The van der Waals surface area contributed by atoms with Gasteiger partial charge in [-0.1, -0.05) is 49.4 Å². The molecular weight excluding hydrogens is 586 g/mol. The molecule has 1 aliphatic carbocycles. The number of aliphatic hydroxyl groups is 2. The highest BCUT2D eigenvalue weighted by molar-refractivity contribution is 7.97. The lowest BCUT2D eigenvalue weighted by molar-refractivity contribution is -0.152. The molecule has 9 heteroatoms. The van der Waals surface area contributed by atoms with Gasteiger partial charge in [-0.3, -0.25) is 14.3 Å². The van der Waals surface area contributed by atoms with Crippen LogP contribution >= 0.6 is 11.9 Å². The third kappa shape index (κ3) is 9.42. The molecule has 1 fully saturated rings. The molecule has 0 heterocycles. The molecule has 0 unspecified atom stereocenters. The molecule has 1 aliphatic rings. The van der Waals surface area contributed by atoms with E-state index in [4.69, 9.17) is 4.74 Å². The molecule has 0 atom stereocenters. The molecule has 4 aromatic carbocycles. The topological polar surface area (TPSA) is 120 Å². The number of carbonyl (C=O) groups is 2. The summed E-state index contributed by atoms with van der Waals surface area (Å²) in [5.41, 5.74) is 4.46. The Morgan fingerprint density at radius 3 is 2.20 bits per heavy atom. The van der Waals surface area contributed by atoms with Crippen molar-refractivity contribution in [2.75, 3.05) is 23.8 Å². The Kier molecular flexibility index (Phi) is 10.6. The smallest absolute Gasteiger partial charge is 0.257 e. The minimum atomic E-state index is -1.85. The summed E-state index contributed by atoms with van der Waals surface area (Å²) in [6.07, 6.45) is 3.88. The predicted molar refractivity (Wildman–Crippen MR) is 179 cm³/mol. The van der Waals surface area contributed by atoms with Crippen LogP contribution in [0, 0.1) is 5.92 Å². The molecule has 2 amide bonds. The van der Waals surface area contributed by atoms with E-state index in [0.717, 1.165) is 48.3 Å². The highest BCUT2D eigenvalue weighted by Crippen LogP contribution is 2.31. The fraction of sp³-hybridized carbons (Fsp3) is 0.278. The summed E-state index contributed by atoms with van der Waals surface area (Å²) in [6.45, 7) is 4.75. The van der Waals surface area contributed by atoms with E-state index in [9.17, 15) is 19.8 Å². The van der Waals surface area contributed by atoms with E-state index in [1.54, 1.807) is 36.4 Å². The average Bonchev–Trinajstić information content (AvgIpc) is 3.87. The van der Waals surface area contributed by atoms with Gasteiger partial charge in [0.1, 0.15) is 5.75 Å². The van der Waals surface area contributed by atoms with E-state index in [0.29, 0.717) is 46.3 Å². The van der Waals surface area contributed by atoms with Crippen molar-refractivity contribution in [2.45, 2.75) is 50.2 Å². The van der Waals surface area contributed by atoms with E-state index < -0.39 is 5.79 Å². The fourth-order valence-electron chi connectivity index (χ4n) is 4.69. The van der Waals surface area contributed by atoms with Gasteiger partial charge in [0.05, 0.1) is 17.9 Å². The molecule has 45 heavy (non-hydrogen) atoms. The number of ether oxygens (including phenoxy) is 1. The molecule has 1 saturated carbocycles. The highest BCUT2D eigenvalue weighted by Gasteiger charge is 2.23. The molecule has 4 aromatic rings. The van der Waals surface area contributed by atoms with Crippen LogP contribution in [0.15, 0.2) is 95.9 Å². The van der Waals surface area contributed by atoms with Gasteiger partial charge in [0, 0.05) is 28.3 Å². The first-order valence-electron chi connectivity index (χ1n) is 15.2. The minimum Gasteiger partial charge on any atom is -0.493 e. The summed E-state index contributed by atoms with van der Waals surface area (Å²) in [5, 5.41) is 25.4. The third-order valence-electron chi connectivity index (χ3n) is 7.51. The van der Waals surface area contributed by atoms with Gasteiger partial charge >= 0.3 is 0 Å². The molecule has 234 valence electrons. The van der Waals surface area contributed by atoms with Crippen molar-refractivity contribution in [2.24, 2.45) is 5.92 Å². The Hall–Kier alpha value is -4.15. The van der Waals surface area contributed by atoms with Crippen LogP contribution in [0.2, 0.25) is 0 Å². The quantitative estimate of drug-likeness (QED) is 0.0798. The fourth-order valence-corrected chi connectivity index (χ4v) is 5.33. The lowest BCUT2D eigenvalue weighted by Gasteiger charge is -2.16. The number of anilines is 2. The van der Waals surface area contributed by atoms with Gasteiger partial charge in [-0.15, -0.1) is 0 Å². The lowest BCUT2D eigenvalue weighted by atomic mass is 10.0. The van der Waals surface area contributed by atoms with Crippen LogP contribution in [0.5, 0.6) is 5.75 Å². The molecule has 5 N–H and O–H groups in total. The Balaban J connectivity index is 1.26. The maximum atomic E-state index is 13.6. The van der Waals surface area contributed by atoms with Gasteiger partial charge in [-0.2, -0.15) is 0 Å². The number of aryl methyl sites for hydroxylation is 2. The zero-order valence-corrected chi connectivity index (χ0v) is 26.3. The van der Waals surface area contributed by atoms with Crippen LogP contribution in [-0.2, 0) is 18.6 Å². The molecule has 5 rings (SSSR count). The number of rotatable bonds is 14. The van der Waals surface area contributed by atoms with E-state index in [2.05, 4.69) is 15.4 Å². The summed E-state index contributed by atoms with van der Waals surface area (Å²) in [5.74, 6) is -1.38. The minimum absolute atomic E-state index is 0.309. The summed E-state index contributed by atoms with van der Waals surface area (Å²) in [4.78, 5) is 27.7. The predicted octanol–water partition coefficient (Wildman–Crippen LogP) is 6.54. The Labute approximate surface area is 268 Å². The highest BCUT2D eigenvalue weighted by atomic mass is 32.2. The summed E-state index contributed by atoms with van der Waals surface area (Å²) >= 11 is 1.46. The van der Waals surface area contributed by atoms with Gasteiger partial charge in [0.15, 0.2) is 5.79 Å². The lowest BCUT2D eigenvalue weighted by Crippen LogP contribution is -2.19. The third-order valence-corrected chi connectivity index (χ3v) is 8.43. The molecule has 0 saturated heterocycles.